The highest BCUT2D eigenvalue weighted by molar-refractivity contribution is 5.21. The Morgan fingerprint density at radius 2 is 1.97 bits per heavy atom. The summed E-state index contributed by atoms with van der Waals surface area (Å²) in [5, 5.41) is 14.2. The summed E-state index contributed by atoms with van der Waals surface area (Å²) in [4.78, 5) is 0. The van der Waals surface area contributed by atoms with E-state index in [2.05, 4.69) is 58.3 Å². The smallest absolute Gasteiger partial charge is 0.123 e. The molecule has 6 unspecified atom stereocenters. The van der Waals surface area contributed by atoms with E-state index in [1.54, 1.807) is 0 Å². The van der Waals surface area contributed by atoms with Crippen LogP contribution >= 0.6 is 0 Å². The lowest BCUT2D eigenvalue weighted by molar-refractivity contribution is -0.131. The van der Waals surface area contributed by atoms with Crippen LogP contribution in [-0.2, 0) is 14.2 Å². The Morgan fingerprint density at radius 3 is 2.64 bits per heavy atom. The van der Waals surface area contributed by atoms with Crippen molar-refractivity contribution in [1.29, 1.82) is 0 Å². The molecule has 2 N–H and O–H groups in total. The fourth-order valence-corrected chi connectivity index (χ4v) is 4.88. The Morgan fingerprint density at radius 1 is 1.21 bits per heavy atom. The second kappa shape index (κ2) is 11.7. The van der Waals surface area contributed by atoms with Gasteiger partial charge in [-0.15, -0.1) is 6.58 Å². The van der Waals surface area contributed by atoms with Crippen LogP contribution in [0.15, 0.2) is 60.9 Å². The van der Waals surface area contributed by atoms with Crippen LogP contribution in [-0.4, -0.2) is 53.9 Å². The van der Waals surface area contributed by atoms with E-state index in [9.17, 15) is 5.11 Å². The summed E-state index contributed by atoms with van der Waals surface area (Å²) < 4.78 is 18.1. The van der Waals surface area contributed by atoms with E-state index in [1.807, 2.05) is 24.3 Å². The number of ether oxygens (including phenoxy) is 3. The molecule has 3 rings (SSSR count). The average molecular weight is 458 g/mol. The van der Waals surface area contributed by atoms with E-state index in [4.69, 9.17) is 14.2 Å². The van der Waals surface area contributed by atoms with E-state index >= 15 is 0 Å². The minimum Gasteiger partial charge on any atom is -0.387 e. The van der Waals surface area contributed by atoms with Gasteiger partial charge in [0.2, 0.25) is 0 Å². The summed E-state index contributed by atoms with van der Waals surface area (Å²) in [5.74, 6) is 0.449. The van der Waals surface area contributed by atoms with E-state index in [0.29, 0.717) is 12.5 Å². The van der Waals surface area contributed by atoms with Gasteiger partial charge in [-0.1, -0.05) is 56.4 Å². The summed E-state index contributed by atoms with van der Waals surface area (Å²) in [5.41, 5.74) is 1.66. The molecule has 1 spiro atoms. The first-order valence-corrected chi connectivity index (χ1v) is 12.5. The predicted molar refractivity (Wildman–Crippen MR) is 134 cm³/mol. The van der Waals surface area contributed by atoms with Crippen LogP contribution in [0.4, 0.5) is 0 Å². The monoisotopic (exact) mass is 457 g/mol. The number of aliphatic hydroxyl groups is 1. The molecule has 184 valence electrons. The Hall–Kier alpha value is -1.66. The van der Waals surface area contributed by atoms with Crippen molar-refractivity contribution < 1.29 is 19.3 Å². The normalized spacial score (nSPS) is 39.3. The van der Waals surface area contributed by atoms with Gasteiger partial charge in [-0.25, -0.2) is 0 Å². The summed E-state index contributed by atoms with van der Waals surface area (Å²) in [6, 6.07) is 0.278. The van der Waals surface area contributed by atoms with E-state index < -0.39 is 11.7 Å². The highest BCUT2D eigenvalue weighted by atomic mass is 16.6. The Kier molecular flexibility index (Phi) is 9.17. The number of hydrogen-bond acceptors (Lipinski definition) is 5. The minimum atomic E-state index is -0.628. The lowest BCUT2D eigenvalue weighted by atomic mass is 9.87. The molecule has 0 aromatic rings. The van der Waals surface area contributed by atoms with E-state index in [-0.39, 0.29) is 30.5 Å². The fraction of sp³-hybridized carbons (Fsp3) is 0.643. The lowest BCUT2D eigenvalue weighted by Crippen LogP contribution is -2.49. The molecule has 0 amide bonds. The van der Waals surface area contributed by atoms with Crippen molar-refractivity contribution in [2.45, 2.75) is 102 Å². The number of allylic oxidation sites excluding steroid dienone is 4. The van der Waals surface area contributed by atoms with Crippen LogP contribution in [0.2, 0.25) is 0 Å². The summed E-state index contributed by atoms with van der Waals surface area (Å²) in [6.07, 6.45) is 16.1. The van der Waals surface area contributed by atoms with Crippen LogP contribution in [0.1, 0.15) is 59.8 Å². The van der Waals surface area contributed by atoms with Gasteiger partial charge in [0.25, 0.3) is 0 Å². The maximum absolute atomic E-state index is 10.7. The minimum absolute atomic E-state index is 0.0420. The molecule has 0 saturated carbocycles. The summed E-state index contributed by atoms with van der Waals surface area (Å²) in [6.45, 7) is 17.1. The zero-order valence-electron chi connectivity index (χ0n) is 20.8. The predicted octanol–water partition coefficient (Wildman–Crippen LogP) is 4.99. The summed E-state index contributed by atoms with van der Waals surface area (Å²) >= 11 is 0. The van der Waals surface area contributed by atoms with Crippen molar-refractivity contribution in [3.63, 3.8) is 0 Å². The van der Waals surface area contributed by atoms with Crippen molar-refractivity contribution in [3.8, 4) is 0 Å². The molecule has 33 heavy (non-hydrogen) atoms. The second-order valence-corrected chi connectivity index (χ2v) is 9.97. The Labute approximate surface area is 200 Å². The van der Waals surface area contributed by atoms with Crippen LogP contribution in [0.3, 0.4) is 0 Å². The third-order valence-corrected chi connectivity index (χ3v) is 7.08. The molecule has 3 aliphatic heterocycles. The highest BCUT2D eigenvalue weighted by Gasteiger charge is 2.58. The molecule has 0 bridgehead atoms. The third kappa shape index (κ3) is 6.92. The van der Waals surface area contributed by atoms with E-state index in [1.165, 1.54) is 0 Å². The number of nitrogens with one attached hydrogen (secondary N) is 1. The van der Waals surface area contributed by atoms with Gasteiger partial charge < -0.3 is 24.6 Å². The first kappa shape index (κ1) is 26.0. The molecule has 5 heteroatoms. The zero-order chi connectivity index (χ0) is 24.0. The molecule has 0 radical (unpaired) electrons. The maximum Gasteiger partial charge on any atom is 0.123 e. The van der Waals surface area contributed by atoms with Crippen molar-refractivity contribution in [1.82, 2.24) is 5.32 Å². The molecule has 0 aromatic carbocycles. The van der Waals surface area contributed by atoms with E-state index in [0.717, 1.165) is 43.4 Å². The fourth-order valence-electron chi connectivity index (χ4n) is 4.88. The molecule has 5 nitrogen and oxygen atoms in total. The van der Waals surface area contributed by atoms with Crippen LogP contribution < -0.4 is 5.32 Å². The topological polar surface area (TPSA) is 63.2 Å². The maximum atomic E-state index is 10.7. The molecule has 3 heterocycles. The standard InChI is InChI=1S/C28H43NO4/c1-7-9-11-21(5)29-24-16-20(4)25(32-22(24)6)14-12-19(3)13-15-26-27(30)28(18-31-28)17-23(33-26)10-8-2/h8-9,11-13,15,20,22-27,29-30H,2,5,7,10,14,16-18H2,1,3-4,6H3/b11-9-,15-13+,19-12+/t20?,22?,23-,24?,25?,26?,27-,28?/m1/s1. The molecular formula is C28H43NO4. The number of epoxide rings is 1. The number of aliphatic hydroxyl groups excluding tert-OH is 1. The van der Waals surface area contributed by atoms with Crippen LogP contribution in [0.25, 0.3) is 0 Å². The van der Waals surface area contributed by atoms with Gasteiger partial charge in [-0.05, 0) is 51.5 Å². The van der Waals surface area contributed by atoms with Crippen molar-refractivity contribution in [2.24, 2.45) is 5.92 Å². The van der Waals surface area contributed by atoms with Gasteiger partial charge in [0.05, 0.1) is 31.0 Å². The Bertz CT molecular complexity index is 766. The first-order chi connectivity index (χ1) is 15.8. The van der Waals surface area contributed by atoms with Crippen molar-refractivity contribution in [2.75, 3.05) is 6.61 Å². The van der Waals surface area contributed by atoms with Gasteiger partial charge in [-0.3, -0.25) is 0 Å². The van der Waals surface area contributed by atoms with Crippen molar-refractivity contribution >= 4 is 0 Å². The molecule has 8 atom stereocenters. The summed E-state index contributed by atoms with van der Waals surface area (Å²) in [7, 11) is 0. The Balaban J connectivity index is 1.52. The zero-order valence-corrected chi connectivity index (χ0v) is 20.8. The van der Waals surface area contributed by atoms with Crippen LogP contribution in [0, 0.1) is 5.92 Å². The number of hydrogen-bond donors (Lipinski definition) is 2. The largest absolute Gasteiger partial charge is 0.387 e. The van der Waals surface area contributed by atoms with Crippen molar-refractivity contribution in [3.05, 3.63) is 60.9 Å². The SMILES string of the molecule is C=CC[C@@H]1CC2(CO2)[C@H](O)C(/C=C/C(C)=C/CC2OC(C)C(NC(=C)/C=C\CC)CC2C)O1. The molecular weight excluding hydrogens is 414 g/mol. The molecule has 0 aliphatic carbocycles. The quantitative estimate of drug-likeness (QED) is 0.275. The third-order valence-electron chi connectivity index (χ3n) is 7.08. The average Bonchev–Trinajstić information content (AvgIpc) is 3.55. The molecule has 0 aromatic heterocycles. The van der Waals surface area contributed by atoms with Crippen LogP contribution in [0.5, 0.6) is 0 Å². The lowest BCUT2D eigenvalue weighted by Gasteiger charge is -2.39. The molecule has 3 aliphatic rings. The first-order valence-electron chi connectivity index (χ1n) is 12.5. The van der Waals surface area contributed by atoms with Gasteiger partial charge in [0.1, 0.15) is 17.8 Å². The number of rotatable bonds is 10. The van der Waals surface area contributed by atoms with Gasteiger partial charge >= 0.3 is 0 Å². The van der Waals surface area contributed by atoms with Gasteiger partial charge in [-0.2, -0.15) is 0 Å². The van der Waals surface area contributed by atoms with Gasteiger partial charge in [0, 0.05) is 12.1 Å². The molecule has 3 fully saturated rings. The molecule has 3 saturated heterocycles. The highest BCUT2D eigenvalue weighted by Crippen LogP contribution is 2.43. The second-order valence-electron chi connectivity index (χ2n) is 9.97. The van der Waals surface area contributed by atoms with Gasteiger partial charge in [0.15, 0.2) is 0 Å².